The number of benzene rings is 2. The molecular weight excluding hydrogens is 402 g/mol. The lowest BCUT2D eigenvalue weighted by Gasteiger charge is -2.25. The number of ketones is 1. The fourth-order valence-corrected chi connectivity index (χ4v) is 4.01. The number of hydrogen-bond acceptors (Lipinski definition) is 4. The number of hydrogen-bond donors (Lipinski definition) is 1. The molecule has 0 radical (unpaired) electrons. The van der Waals surface area contributed by atoms with Crippen LogP contribution in [-0.2, 0) is 16.6 Å². The minimum Gasteiger partial charge on any atom is -0.507 e. The Hall–Kier alpha value is -3.38. The fraction of sp³-hybridized carbons (Fsp3) is 0.174. The molecule has 1 unspecified atom stereocenters. The highest BCUT2D eigenvalue weighted by Crippen LogP contribution is 2.44. The van der Waals surface area contributed by atoms with E-state index in [0.717, 1.165) is 5.69 Å². The SMILES string of the molecule is Cc1nn(C)c(C)c1N1C(=O)C(=O)/C(=C(/O)c2ccccc2)C1c1ccc(Cl)cc1. The van der Waals surface area contributed by atoms with E-state index in [4.69, 9.17) is 11.6 Å². The molecule has 152 valence electrons. The van der Waals surface area contributed by atoms with E-state index in [1.54, 1.807) is 67.2 Å². The Labute approximate surface area is 179 Å². The molecule has 1 aliphatic heterocycles. The Morgan fingerprint density at radius 2 is 1.67 bits per heavy atom. The summed E-state index contributed by atoms with van der Waals surface area (Å²) in [5.41, 5.74) is 3.10. The average Bonchev–Trinajstić information content (AvgIpc) is 3.14. The van der Waals surface area contributed by atoms with Gasteiger partial charge in [-0.3, -0.25) is 19.2 Å². The van der Waals surface area contributed by atoms with E-state index in [1.807, 2.05) is 13.0 Å². The molecule has 0 spiro atoms. The van der Waals surface area contributed by atoms with E-state index >= 15 is 0 Å². The zero-order chi connectivity index (χ0) is 21.6. The molecule has 1 fully saturated rings. The number of carbonyl (C=O) groups is 2. The van der Waals surface area contributed by atoms with Crippen molar-refractivity contribution in [2.45, 2.75) is 19.9 Å². The molecule has 4 rings (SSSR count). The predicted molar refractivity (Wildman–Crippen MR) is 115 cm³/mol. The second-order valence-electron chi connectivity index (χ2n) is 7.23. The van der Waals surface area contributed by atoms with Crippen molar-refractivity contribution in [1.82, 2.24) is 9.78 Å². The Bertz CT molecular complexity index is 1180. The summed E-state index contributed by atoms with van der Waals surface area (Å²) in [6, 6.07) is 14.8. The highest BCUT2D eigenvalue weighted by Gasteiger charge is 2.48. The molecule has 2 heterocycles. The zero-order valence-electron chi connectivity index (χ0n) is 16.8. The van der Waals surface area contributed by atoms with Gasteiger partial charge in [-0.15, -0.1) is 0 Å². The standard InChI is InChI=1S/C23H20ClN3O3/c1-13-19(14(2)26(3)25-13)27-20(15-9-11-17(24)12-10-15)18(22(29)23(27)30)21(28)16-7-5-4-6-8-16/h4-12,20,28H,1-3H3/b21-18+. The summed E-state index contributed by atoms with van der Waals surface area (Å²) in [4.78, 5) is 27.7. The number of aliphatic hydroxyl groups excluding tert-OH is 1. The largest absolute Gasteiger partial charge is 0.507 e. The zero-order valence-corrected chi connectivity index (χ0v) is 17.5. The Balaban J connectivity index is 2.00. The lowest BCUT2D eigenvalue weighted by molar-refractivity contribution is -0.132. The fourth-order valence-electron chi connectivity index (χ4n) is 3.89. The number of halogens is 1. The number of Topliss-reactive ketones (excluding diaryl/α,β-unsaturated/α-hetero) is 1. The van der Waals surface area contributed by atoms with Crippen LogP contribution in [0.4, 0.5) is 5.69 Å². The van der Waals surface area contributed by atoms with Crippen LogP contribution in [0.25, 0.3) is 5.76 Å². The molecule has 6 nitrogen and oxygen atoms in total. The maximum absolute atomic E-state index is 13.2. The van der Waals surface area contributed by atoms with Crippen molar-refractivity contribution in [2.75, 3.05) is 4.90 Å². The topological polar surface area (TPSA) is 75.4 Å². The molecule has 0 aliphatic carbocycles. The second kappa shape index (κ2) is 7.46. The number of aliphatic hydroxyl groups is 1. The van der Waals surface area contributed by atoms with Gasteiger partial charge in [0.1, 0.15) is 5.76 Å². The first-order chi connectivity index (χ1) is 14.3. The van der Waals surface area contributed by atoms with E-state index < -0.39 is 17.7 Å². The lowest BCUT2D eigenvalue weighted by Crippen LogP contribution is -2.30. The lowest BCUT2D eigenvalue weighted by atomic mass is 9.95. The number of aromatic nitrogens is 2. The van der Waals surface area contributed by atoms with Crippen LogP contribution in [0.2, 0.25) is 5.02 Å². The minimum atomic E-state index is -0.802. The normalized spacial score (nSPS) is 18.3. The van der Waals surface area contributed by atoms with Crippen LogP contribution in [0.3, 0.4) is 0 Å². The molecule has 1 aromatic heterocycles. The van der Waals surface area contributed by atoms with Gasteiger partial charge in [0.25, 0.3) is 11.7 Å². The van der Waals surface area contributed by atoms with Gasteiger partial charge in [-0.25, -0.2) is 0 Å². The Kier molecular flexibility index (Phi) is 4.95. The monoisotopic (exact) mass is 421 g/mol. The summed E-state index contributed by atoms with van der Waals surface area (Å²) in [6.07, 6.45) is 0. The molecule has 1 atom stereocenters. The Morgan fingerprint density at radius 1 is 1.03 bits per heavy atom. The maximum Gasteiger partial charge on any atom is 0.300 e. The summed E-state index contributed by atoms with van der Waals surface area (Å²) in [5, 5.41) is 16.0. The summed E-state index contributed by atoms with van der Waals surface area (Å²) in [5.74, 6) is -1.65. The smallest absolute Gasteiger partial charge is 0.300 e. The van der Waals surface area contributed by atoms with Gasteiger partial charge < -0.3 is 5.11 Å². The second-order valence-corrected chi connectivity index (χ2v) is 7.67. The predicted octanol–water partition coefficient (Wildman–Crippen LogP) is 4.32. The van der Waals surface area contributed by atoms with Crippen molar-refractivity contribution in [3.05, 3.63) is 87.7 Å². The number of anilines is 1. The minimum absolute atomic E-state index is 0.0381. The van der Waals surface area contributed by atoms with E-state index in [2.05, 4.69) is 5.10 Å². The van der Waals surface area contributed by atoms with Crippen LogP contribution >= 0.6 is 11.6 Å². The van der Waals surface area contributed by atoms with Crippen LogP contribution in [0, 0.1) is 13.8 Å². The third-order valence-electron chi connectivity index (χ3n) is 5.39. The molecule has 0 saturated carbocycles. The molecule has 7 heteroatoms. The molecule has 1 amide bonds. The summed E-state index contributed by atoms with van der Waals surface area (Å²) < 4.78 is 1.67. The molecule has 3 aromatic rings. The number of amides is 1. The number of nitrogens with zero attached hydrogens (tertiary/aromatic N) is 3. The van der Waals surface area contributed by atoms with Crippen LogP contribution in [-0.4, -0.2) is 26.6 Å². The van der Waals surface area contributed by atoms with Gasteiger partial charge in [0.15, 0.2) is 0 Å². The van der Waals surface area contributed by atoms with Crippen molar-refractivity contribution in [1.29, 1.82) is 0 Å². The van der Waals surface area contributed by atoms with Crippen molar-refractivity contribution in [3.63, 3.8) is 0 Å². The van der Waals surface area contributed by atoms with Gasteiger partial charge in [-0.1, -0.05) is 54.1 Å². The average molecular weight is 422 g/mol. The van der Waals surface area contributed by atoms with Gasteiger partial charge in [0.2, 0.25) is 0 Å². The highest BCUT2D eigenvalue weighted by molar-refractivity contribution is 6.51. The van der Waals surface area contributed by atoms with E-state index in [1.165, 1.54) is 4.90 Å². The van der Waals surface area contributed by atoms with Crippen molar-refractivity contribution in [2.24, 2.45) is 7.05 Å². The number of aryl methyl sites for hydroxylation is 2. The first-order valence-electron chi connectivity index (χ1n) is 9.43. The first kappa shape index (κ1) is 19.9. The maximum atomic E-state index is 13.2. The molecular formula is C23H20ClN3O3. The molecule has 1 saturated heterocycles. The van der Waals surface area contributed by atoms with Gasteiger partial charge in [-0.05, 0) is 31.5 Å². The third kappa shape index (κ3) is 3.09. The molecule has 1 N–H and O–H groups in total. The number of carbonyl (C=O) groups excluding carboxylic acids is 2. The van der Waals surface area contributed by atoms with Gasteiger partial charge >= 0.3 is 0 Å². The quantitative estimate of drug-likeness (QED) is 0.388. The molecule has 1 aliphatic rings. The van der Waals surface area contributed by atoms with E-state index in [0.29, 0.717) is 27.5 Å². The molecule has 30 heavy (non-hydrogen) atoms. The van der Waals surface area contributed by atoms with Crippen molar-refractivity contribution in [3.8, 4) is 0 Å². The van der Waals surface area contributed by atoms with Crippen LogP contribution in [0.5, 0.6) is 0 Å². The summed E-state index contributed by atoms with van der Waals surface area (Å²) in [6.45, 7) is 3.63. The van der Waals surface area contributed by atoms with Crippen molar-refractivity contribution < 1.29 is 14.7 Å². The third-order valence-corrected chi connectivity index (χ3v) is 5.64. The van der Waals surface area contributed by atoms with Crippen LogP contribution in [0.1, 0.15) is 28.6 Å². The number of rotatable bonds is 3. The van der Waals surface area contributed by atoms with Gasteiger partial charge in [-0.2, -0.15) is 5.10 Å². The Morgan fingerprint density at radius 3 is 2.23 bits per heavy atom. The molecule has 0 bridgehead atoms. The summed E-state index contributed by atoms with van der Waals surface area (Å²) >= 11 is 6.06. The van der Waals surface area contributed by atoms with Crippen molar-refractivity contribution >= 4 is 34.7 Å². The highest BCUT2D eigenvalue weighted by atomic mass is 35.5. The van der Waals surface area contributed by atoms with Gasteiger partial charge in [0.05, 0.1) is 28.7 Å². The van der Waals surface area contributed by atoms with Crippen LogP contribution < -0.4 is 4.90 Å². The first-order valence-corrected chi connectivity index (χ1v) is 9.81. The van der Waals surface area contributed by atoms with Gasteiger partial charge in [0, 0.05) is 17.6 Å². The van der Waals surface area contributed by atoms with E-state index in [9.17, 15) is 14.7 Å². The molecule has 2 aromatic carbocycles. The summed E-state index contributed by atoms with van der Waals surface area (Å²) in [7, 11) is 1.78. The van der Waals surface area contributed by atoms with E-state index in [-0.39, 0.29) is 11.3 Å². The van der Waals surface area contributed by atoms with Crippen LogP contribution in [0.15, 0.2) is 60.2 Å².